The monoisotopic (exact) mass is 285 g/mol. The molecule has 0 aliphatic heterocycles. The Bertz CT molecular complexity index is 421. The van der Waals surface area contributed by atoms with Crippen LogP contribution in [0, 0.1) is 0 Å². The SMILES string of the molecule is CC(C)OCCCCNc1ccc(C(=O)O)cc1Cl. The fourth-order valence-corrected chi connectivity index (χ4v) is 1.81. The van der Waals surface area contributed by atoms with Gasteiger partial charge in [-0.3, -0.25) is 0 Å². The van der Waals surface area contributed by atoms with Gasteiger partial charge in [0.1, 0.15) is 0 Å². The molecule has 0 aromatic heterocycles. The second-order valence-corrected chi connectivity index (χ2v) is 4.96. The molecule has 0 fully saturated rings. The first-order valence-corrected chi connectivity index (χ1v) is 6.77. The van der Waals surface area contributed by atoms with Crippen molar-refractivity contribution in [1.82, 2.24) is 0 Å². The van der Waals surface area contributed by atoms with E-state index in [2.05, 4.69) is 5.32 Å². The van der Waals surface area contributed by atoms with Crippen LogP contribution in [0.25, 0.3) is 0 Å². The van der Waals surface area contributed by atoms with Crippen molar-refractivity contribution >= 4 is 23.3 Å². The average Bonchev–Trinajstić information content (AvgIpc) is 2.34. The molecule has 0 aliphatic carbocycles. The summed E-state index contributed by atoms with van der Waals surface area (Å²) in [6.07, 6.45) is 2.23. The first kappa shape index (κ1) is 15.8. The Morgan fingerprint density at radius 1 is 1.42 bits per heavy atom. The summed E-state index contributed by atoms with van der Waals surface area (Å²) in [5.74, 6) is -0.973. The Morgan fingerprint density at radius 3 is 2.74 bits per heavy atom. The van der Waals surface area contributed by atoms with Gasteiger partial charge in [0, 0.05) is 13.2 Å². The van der Waals surface area contributed by atoms with E-state index in [1.54, 1.807) is 12.1 Å². The van der Waals surface area contributed by atoms with Crippen molar-refractivity contribution in [2.24, 2.45) is 0 Å². The molecule has 0 aliphatic rings. The van der Waals surface area contributed by atoms with Gasteiger partial charge in [0.25, 0.3) is 0 Å². The van der Waals surface area contributed by atoms with Crippen LogP contribution in [0.3, 0.4) is 0 Å². The van der Waals surface area contributed by atoms with Gasteiger partial charge in [-0.05, 0) is 44.9 Å². The smallest absolute Gasteiger partial charge is 0.335 e. The van der Waals surface area contributed by atoms with Gasteiger partial charge < -0.3 is 15.2 Å². The van der Waals surface area contributed by atoms with Crippen LogP contribution in [0.2, 0.25) is 5.02 Å². The minimum Gasteiger partial charge on any atom is -0.478 e. The van der Waals surface area contributed by atoms with Crippen LogP contribution in [-0.2, 0) is 4.74 Å². The fraction of sp³-hybridized carbons (Fsp3) is 0.500. The second-order valence-electron chi connectivity index (χ2n) is 4.55. The molecule has 19 heavy (non-hydrogen) atoms. The van der Waals surface area contributed by atoms with E-state index >= 15 is 0 Å². The zero-order valence-electron chi connectivity index (χ0n) is 11.3. The lowest BCUT2D eigenvalue weighted by molar-refractivity contribution is 0.0696. The third-order valence-corrected chi connectivity index (χ3v) is 2.87. The molecule has 0 unspecified atom stereocenters. The maximum Gasteiger partial charge on any atom is 0.335 e. The van der Waals surface area contributed by atoms with E-state index in [4.69, 9.17) is 21.4 Å². The third kappa shape index (κ3) is 5.94. The lowest BCUT2D eigenvalue weighted by Crippen LogP contribution is -2.07. The van der Waals surface area contributed by atoms with E-state index in [-0.39, 0.29) is 11.7 Å². The molecule has 0 atom stereocenters. The summed E-state index contributed by atoms with van der Waals surface area (Å²) in [6.45, 7) is 5.57. The van der Waals surface area contributed by atoms with Crippen molar-refractivity contribution in [2.75, 3.05) is 18.5 Å². The molecule has 0 radical (unpaired) electrons. The van der Waals surface area contributed by atoms with Crippen molar-refractivity contribution in [3.8, 4) is 0 Å². The van der Waals surface area contributed by atoms with E-state index < -0.39 is 5.97 Å². The number of carbonyl (C=O) groups is 1. The number of aromatic carboxylic acids is 1. The summed E-state index contributed by atoms with van der Waals surface area (Å²) in [4.78, 5) is 10.8. The topological polar surface area (TPSA) is 58.6 Å². The molecule has 1 rings (SSSR count). The van der Waals surface area contributed by atoms with Gasteiger partial charge in [-0.1, -0.05) is 11.6 Å². The van der Waals surface area contributed by atoms with Gasteiger partial charge in [0.15, 0.2) is 0 Å². The number of rotatable bonds is 8. The molecule has 2 N–H and O–H groups in total. The van der Waals surface area contributed by atoms with Gasteiger partial charge in [-0.15, -0.1) is 0 Å². The summed E-state index contributed by atoms with van der Waals surface area (Å²) < 4.78 is 5.44. The predicted octanol–water partition coefficient (Wildman–Crippen LogP) is 3.66. The van der Waals surface area contributed by atoms with Crippen molar-refractivity contribution < 1.29 is 14.6 Å². The molecule has 1 aromatic rings. The molecular formula is C14H20ClNO3. The Labute approximate surface area is 118 Å². The lowest BCUT2D eigenvalue weighted by atomic mass is 10.2. The number of halogens is 1. The van der Waals surface area contributed by atoms with E-state index in [1.165, 1.54) is 6.07 Å². The van der Waals surface area contributed by atoms with Crippen LogP contribution in [0.15, 0.2) is 18.2 Å². The van der Waals surface area contributed by atoms with Gasteiger partial charge in [0.05, 0.1) is 22.4 Å². The first-order valence-electron chi connectivity index (χ1n) is 6.39. The number of benzene rings is 1. The number of hydrogen-bond donors (Lipinski definition) is 2. The van der Waals surface area contributed by atoms with Gasteiger partial charge >= 0.3 is 5.97 Å². The summed E-state index contributed by atoms with van der Waals surface area (Å²) in [6, 6.07) is 4.68. The molecule has 0 bridgehead atoms. The number of unbranched alkanes of at least 4 members (excludes halogenated alkanes) is 1. The molecular weight excluding hydrogens is 266 g/mol. The Kier molecular flexibility index (Phi) is 6.67. The highest BCUT2D eigenvalue weighted by molar-refractivity contribution is 6.33. The lowest BCUT2D eigenvalue weighted by Gasteiger charge is -2.10. The minimum atomic E-state index is -0.973. The highest BCUT2D eigenvalue weighted by Crippen LogP contribution is 2.23. The number of nitrogens with one attached hydrogen (secondary N) is 1. The largest absolute Gasteiger partial charge is 0.478 e. The van der Waals surface area contributed by atoms with E-state index in [9.17, 15) is 4.79 Å². The number of carboxylic acid groups (broad SMARTS) is 1. The minimum absolute atomic E-state index is 0.195. The maximum absolute atomic E-state index is 10.8. The van der Waals surface area contributed by atoms with Crippen molar-refractivity contribution in [3.63, 3.8) is 0 Å². The van der Waals surface area contributed by atoms with Crippen LogP contribution >= 0.6 is 11.6 Å². The number of hydrogen-bond acceptors (Lipinski definition) is 3. The van der Waals surface area contributed by atoms with Crippen molar-refractivity contribution in [3.05, 3.63) is 28.8 Å². The normalized spacial score (nSPS) is 10.7. The third-order valence-electron chi connectivity index (χ3n) is 2.55. The van der Waals surface area contributed by atoms with Crippen LogP contribution in [0.1, 0.15) is 37.0 Å². The highest BCUT2D eigenvalue weighted by atomic mass is 35.5. The standard InChI is InChI=1S/C14H20ClNO3/c1-10(2)19-8-4-3-7-16-13-6-5-11(14(17)18)9-12(13)15/h5-6,9-10,16H,3-4,7-8H2,1-2H3,(H,17,18). The maximum atomic E-state index is 10.8. The number of anilines is 1. The Morgan fingerprint density at radius 2 is 2.16 bits per heavy atom. The Balaban J connectivity index is 2.32. The molecule has 5 heteroatoms. The Hall–Kier alpha value is -1.26. The van der Waals surface area contributed by atoms with Crippen molar-refractivity contribution in [1.29, 1.82) is 0 Å². The molecule has 106 valence electrons. The summed E-state index contributed by atoms with van der Waals surface area (Å²) in [7, 11) is 0. The van der Waals surface area contributed by atoms with Crippen LogP contribution < -0.4 is 5.32 Å². The average molecular weight is 286 g/mol. The van der Waals surface area contributed by atoms with E-state index in [0.29, 0.717) is 5.02 Å². The molecule has 0 heterocycles. The molecule has 0 saturated carbocycles. The quantitative estimate of drug-likeness (QED) is 0.716. The van der Waals surface area contributed by atoms with Gasteiger partial charge in [-0.25, -0.2) is 4.79 Å². The zero-order valence-corrected chi connectivity index (χ0v) is 12.0. The fourth-order valence-electron chi connectivity index (χ4n) is 1.56. The highest BCUT2D eigenvalue weighted by Gasteiger charge is 2.06. The summed E-state index contributed by atoms with van der Waals surface area (Å²) in [5.41, 5.74) is 0.956. The second kappa shape index (κ2) is 8.02. The van der Waals surface area contributed by atoms with Crippen LogP contribution in [0.4, 0.5) is 5.69 Å². The first-order chi connectivity index (χ1) is 9.00. The van der Waals surface area contributed by atoms with E-state index in [0.717, 1.165) is 31.7 Å². The van der Waals surface area contributed by atoms with Crippen LogP contribution in [0.5, 0.6) is 0 Å². The summed E-state index contributed by atoms with van der Waals surface area (Å²) in [5, 5.41) is 12.4. The van der Waals surface area contributed by atoms with Crippen molar-refractivity contribution in [2.45, 2.75) is 32.8 Å². The van der Waals surface area contributed by atoms with E-state index in [1.807, 2.05) is 13.8 Å². The number of ether oxygens (including phenoxy) is 1. The summed E-state index contributed by atoms with van der Waals surface area (Å²) >= 11 is 6.00. The van der Waals surface area contributed by atoms with Gasteiger partial charge in [-0.2, -0.15) is 0 Å². The van der Waals surface area contributed by atoms with Gasteiger partial charge in [0.2, 0.25) is 0 Å². The number of carboxylic acids is 1. The molecule has 0 amide bonds. The molecule has 0 saturated heterocycles. The predicted molar refractivity (Wildman–Crippen MR) is 77.2 cm³/mol. The molecule has 4 nitrogen and oxygen atoms in total. The zero-order chi connectivity index (χ0) is 14.3. The molecule has 0 spiro atoms. The van der Waals surface area contributed by atoms with Crippen LogP contribution in [-0.4, -0.2) is 30.3 Å². The molecule has 1 aromatic carbocycles.